The van der Waals surface area contributed by atoms with Crippen LogP contribution in [0.2, 0.25) is 5.02 Å². The Balaban J connectivity index is 1.64. The molecule has 42 heavy (non-hydrogen) atoms. The number of halogens is 3. The zero-order valence-corrected chi connectivity index (χ0v) is 24.0. The van der Waals surface area contributed by atoms with E-state index >= 15 is 0 Å². The number of ether oxygens (including phenoxy) is 3. The lowest BCUT2D eigenvalue weighted by Crippen LogP contribution is -2.52. The lowest BCUT2D eigenvalue weighted by atomic mass is 9.96. The molecule has 17 heteroatoms. The predicted octanol–water partition coefficient (Wildman–Crippen LogP) is 2.78. The Morgan fingerprint density at radius 1 is 1.17 bits per heavy atom. The largest absolute Gasteiger partial charge is 0.530 e. The number of H-pyrrole nitrogens is 1. The first-order valence-corrected chi connectivity index (χ1v) is 14.2. The highest BCUT2D eigenvalue weighted by atomic mass is 35.5. The molecule has 0 bridgehead atoms. The molecule has 0 saturated carbocycles. The van der Waals surface area contributed by atoms with Crippen molar-refractivity contribution in [2.45, 2.75) is 43.5 Å². The van der Waals surface area contributed by atoms with Gasteiger partial charge in [0.1, 0.15) is 34.5 Å². The Labute approximate surface area is 242 Å². The number of aromatic nitrogens is 2. The number of allylic oxidation sites excluding steroid dienone is 1. The van der Waals surface area contributed by atoms with Crippen molar-refractivity contribution in [1.29, 1.82) is 0 Å². The van der Waals surface area contributed by atoms with E-state index in [1.54, 1.807) is 19.1 Å². The Kier molecular flexibility index (Phi) is 9.62. The number of phosphoric acid groups is 1. The average Bonchev–Trinajstić information content (AvgIpc) is 3.21. The number of methoxy groups -OCH3 is 2. The molecule has 13 nitrogen and oxygen atoms in total. The summed E-state index contributed by atoms with van der Waals surface area (Å²) in [7, 11) is -1.91. The highest BCUT2D eigenvalue weighted by Crippen LogP contribution is 2.54. The fraction of sp³-hybridized carbons (Fsp3) is 0.440. The third-order valence-electron chi connectivity index (χ3n) is 6.63. The van der Waals surface area contributed by atoms with E-state index in [0.29, 0.717) is 16.1 Å². The third-order valence-corrected chi connectivity index (χ3v) is 8.28. The summed E-state index contributed by atoms with van der Waals surface area (Å²) < 4.78 is 75.8. The van der Waals surface area contributed by atoms with Gasteiger partial charge < -0.3 is 28.9 Å². The molecule has 1 aromatic heterocycles. The SMILES string of the molecule is COC1=CC(C)C(OP(=O)(OC[C@@]2(C(F)F)O[C@@H](n3cc(Cl)c(=O)[nH]c3=O)[C@@H](O)[C@@H]2O)Oc2ccc(OC)cc2)C=C1. The van der Waals surface area contributed by atoms with Crippen LogP contribution in [-0.4, -0.2) is 70.9 Å². The van der Waals surface area contributed by atoms with Crippen molar-refractivity contribution in [3.63, 3.8) is 0 Å². The smallest absolute Gasteiger partial charge is 0.497 e. The molecule has 1 aliphatic carbocycles. The van der Waals surface area contributed by atoms with Gasteiger partial charge in [-0.3, -0.25) is 23.4 Å². The summed E-state index contributed by atoms with van der Waals surface area (Å²) in [6, 6.07) is 5.71. The number of aromatic amines is 1. The molecule has 2 aliphatic rings. The Bertz CT molecular complexity index is 1500. The van der Waals surface area contributed by atoms with Crippen LogP contribution in [0.15, 0.2) is 64.0 Å². The molecule has 2 aromatic rings. The van der Waals surface area contributed by atoms with E-state index in [9.17, 15) is 33.1 Å². The molecule has 0 radical (unpaired) electrons. The maximum Gasteiger partial charge on any atom is 0.530 e. The Hall–Kier alpha value is -3.04. The van der Waals surface area contributed by atoms with E-state index in [0.717, 1.165) is 6.20 Å². The molecule has 0 spiro atoms. The van der Waals surface area contributed by atoms with Gasteiger partial charge in [-0.15, -0.1) is 0 Å². The normalized spacial score (nSPS) is 28.8. The molecule has 1 aromatic carbocycles. The fourth-order valence-corrected chi connectivity index (χ4v) is 5.87. The number of hydrogen-bond acceptors (Lipinski definition) is 11. The van der Waals surface area contributed by atoms with Gasteiger partial charge in [0, 0.05) is 12.1 Å². The third kappa shape index (κ3) is 6.47. The van der Waals surface area contributed by atoms with E-state index < -0.39 is 73.2 Å². The monoisotopic (exact) mass is 636 g/mol. The van der Waals surface area contributed by atoms with Crippen LogP contribution in [0.4, 0.5) is 8.78 Å². The summed E-state index contributed by atoms with van der Waals surface area (Å²) >= 11 is 5.75. The fourth-order valence-electron chi connectivity index (χ4n) is 4.26. The second-order valence-corrected chi connectivity index (χ2v) is 11.3. The number of nitrogens with zero attached hydrogens (tertiary/aromatic N) is 1. The highest BCUT2D eigenvalue weighted by Gasteiger charge is 2.62. The van der Waals surface area contributed by atoms with Crippen molar-refractivity contribution in [2.24, 2.45) is 5.92 Å². The topological polar surface area (TPSA) is 168 Å². The summed E-state index contributed by atoms with van der Waals surface area (Å²) in [5, 5.41) is 20.8. The minimum Gasteiger partial charge on any atom is -0.497 e. The van der Waals surface area contributed by atoms with Crippen molar-refractivity contribution in [1.82, 2.24) is 9.55 Å². The van der Waals surface area contributed by atoms with Gasteiger partial charge in [0.25, 0.3) is 12.0 Å². The summed E-state index contributed by atoms with van der Waals surface area (Å²) in [6.07, 6.45) is -5.47. The molecule has 3 N–H and O–H groups in total. The first-order valence-electron chi connectivity index (χ1n) is 12.4. The van der Waals surface area contributed by atoms with E-state index in [-0.39, 0.29) is 5.75 Å². The van der Waals surface area contributed by atoms with E-state index in [2.05, 4.69) is 0 Å². The quantitative estimate of drug-likeness (QED) is 0.310. The summed E-state index contributed by atoms with van der Waals surface area (Å²) in [5.41, 5.74) is -5.17. The van der Waals surface area contributed by atoms with E-state index in [1.807, 2.05) is 4.98 Å². The van der Waals surface area contributed by atoms with Crippen LogP contribution in [0, 0.1) is 5.92 Å². The van der Waals surface area contributed by atoms with Crippen molar-refractivity contribution in [3.8, 4) is 11.5 Å². The van der Waals surface area contributed by atoms with Crippen molar-refractivity contribution >= 4 is 19.4 Å². The number of nitrogens with one attached hydrogen (secondary N) is 1. The molecule has 1 fully saturated rings. The van der Waals surface area contributed by atoms with Gasteiger partial charge in [0.2, 0.25) is 0 Å². The number of aliphatic hydroxyl groups excluding tert-OH is 2. The first-order chi connectivity index (χ1) is 19.8. The van der Waals surface area contributed by atoms with Gasteiger partial charge in [-0.25, -0.2) is 18.1 Å². The number of benzene rings is 1. The average molecular weight is 637 g/mol. The van der Waals surface area contributed by atoms with Gasteiger partial charge in [0.05, 0.1) is 26.9 Å². The van der Waals surface area contributed by atoms with Gasteiger partial charge in [-0.05, 0) is 36.4 Å². The van der Waals surface area contributed by atoms with E-state index in [1.165, 1.54) is 44.6 Å². The second-order valence-electron chi connectivity index (χ2n) is 9.39. The maximum absolute atomic E-state index is 14.6. The van der Waals surface area contributed by atoms with Gasteiger partial charge in [-0.2, -0.15) is 0 Å². The molecule has 1 saturated heterocycles. The van der Waals surface area contributed by atoms with Crippen LogP contribution in [-0.2, 0) is 23.1 Å². The molecule has 0 amide bonds. The molecule has 2 heterocycles. The Morgan fingerprint density at radius 3 is 2.43 bits per heavy atom. The predicted molar refractivity (Wildman–Crippen MR) is 143 cm³/mol. The van der Waals surface area contributed by atoms with Crippen LogP contribution in [0.25, 0.3) is 0 Å². The molecule has 4 rings (SSSR count). The zero-order valence-electron chi connectivity index (χ0n) is 22.4. The molecule has 1 aliphatic heterocycles. The lowest BCUT2D eigenvalue weighted by Gasteiger charge is -2.33. The molecular weight excluding hydrogens is 609 g/mol. The number of alkyl halides is 2. The van der Waals surface area contributed by atoms with Crippen LogP contribution in [0.5, 0.6) is 11.5 Å². The summed E-state index contributed by atoms with van der Waals surface area (Å²) in [5.74, 6) is 0.482. The number of phosphoric ester groups is 1. The van der Waals surface area contributed by atoms with Gasteiger partial charge in [-0.1, -0.05) is 24.6 Å². The van der Waals surface area contributed by atoms with E-state index in [4.69, 9.17) is 39.4 Å². The first kappa shape index (κ1) is 31.9. The van der Waals surface area contributed by atoms with Crippen LogP contribution in [0.1, 0.15) is 13.2 Å². The standard InChI is InChI=1S/C25H28ClF2N2O11P/c1-13-10-16(37-3)8-9-18(13)41-42(35,40-15-6-4-14(36-2)5-7-15)38-12-25(23(27)28)20(32)19(31)22(39-25)30-11-17(26)21(33)29-24(30)34/h4-11,13,18-20,22-23,31-32H,12H2,1-3H3,(H,29,33,34)/t13?,18?,19-,20-,22+,25+,42?/m0/s1. The van der Waals surface area contributed by atoms with Crippen LogP contribution >= 0.6 is 19.4 Å². The minimum atomic E-state index is -4.80. The van der Waals surface area contributed by atoms with Gasteiger partial charge >= 0.3 is 13.5 Å². The second kappa shape index (κ2) is 12.7. The summed E-state index contributed by atoms with van der Waals surface area (Å²) in [4.78, 5) is 25.8. The summed E-state index contributed by atoms with van der Waals surface area (Å²) in [6.45, 7) is 0.381. The number of rotatable bonds is 11. The van der Waals surface area contributed by atoms with Crippen molar-refractivity contribution in [2.75, 3.05) is 20.8 Å². The molecular formula is C25H28ClF2N2O11P. The van der Waals surface area contributed by atoms with Crippen molar-refractivity contribution in [3.05, 3.63) is 80.3 Å². The van der Waals surface area contributed by atoms with Crippen LogP contribution < -0.4 is 20.5 Å². The minimum absolute atomic E-state index is 0.0361. The number of hydrogen-bond donors (Lipinski definition) is 3. The molecule has 230 valence electrons. The lowest BCUT2D eigenvalue weighted by molar-refractivity contribution is -0.194. The Morgan fingerprint density at radius 2 is 1.83 bits per heavy atom. The molecule has 3 unspecified atom stereocenters. The number of aliphatic hydroxyl groups is 2. The van der Waals surface area contributed by atoms with Gasteiger partial charge in [0.15, 0.2) is 11.8 Å². The van der Waals surface area contributed by atoms with Crippen LogP contribution in [0.3, 0.4) is 0 Å². The van der Waals surface area contributed by atoms with Crippen molar-refractivity contribution < 1.29 is 51.3 Å². The maximum atomic E-state index is 14.6. The highest BCUT2D eigenvalue weighted by molar-refractivity contribution is 7.49. The molecule has 7 atom stereocenters. The zero-order chi connectivity index (χ0) is 30.8.